The Kier molecular flexibility index (Phi) is 7.08. The molecule has 0 atom stereocenters. The summed E-state index contributed by atoms with van der Waals surface area (Å²) in [4.78, 5) is 8.64. The quantitative estimate of drug-likeness (QED) is 0.464. The first-order valence-corrected chi connectivity index (χ1v) is 9.53. The van der Waals surface area contributed by atoms with E-state index in [1.165, 1.54) is 19.3 Å². The number of benzene rings is 2. The monoisotopic (exact) mass is 369 g/mol. The van der Waals surface area contributed by atoms with Crippen LogP contribution in [0.2, 0.25) is 5.02 Å². The first-order valence-electron chi connectivity index (χ1n) is 9.15. The number of anilines is 1. The number of aromatic nitrogens is 2. The molecule has 0 spiro atoms. The third kappa shape index (κ3) is 5.33. The van der Waals surface area contributed by atoms with Crippen LogP contribution in [0.1, 0.15) is 32.1 Å². The zero-order valence-electron chi connectivity index (χ0n) is 14.8. The minimum atomic E-state index is 0.677. The van der Waals surface area contributed by atoms with E-state index in [0.29, 0.717) is 5.02 Å². The Morgan fingerprint density at radius 3 is 2.54 bits per heavy atom. The number of halogens is 1. The van der Waals surface area contributed by atoms with Gasteiger partial charge in [-0.05, 0) is 37.1 Å². The van der Waals surface area contributed by atoms with Gasteiger partial charge in [0, 0.05) is 11.9 Å². The maximum Gasteiger partial charge on any atom is 0.137 e. The van der Waals surface area contributed by atoms with E-state index >= 15 is 0 Å². The molecule has 3 aromatic rings. The van der Waals surface area contributed by atoms with Crippen LogP contribution in [0.15, 0.2) is 54.9 Å². The summed E-state index contributed by atoms with van der Waals surface area (Å²) in [5.74, 6) is 1.69. The van der Waals surface area contributed by atoms with Gasteiger partial charge in [0.25, 0.3) is 0 Å². The van der Waals surface area contributed by atoms with Gasteiger partial charge in [0.15, 0.2) is 0 Å². The lowest BCUT2D eigenvalue weighted by atomic mass is 10.1. The highest BCUT2D eigenvalue weighted by molar-refractivity contribution is 6.32. The van der Waals surface area contributed by atoms with Crippen molar-refractivity contribution in [3.8, 4) is 5.75 Å². The summed E-state index contributed by atoms with van der Waals surface area (Å²) in [6.45, 7) is 1.64. The minimum absolute atomic E-state index is 0.677. The number of hydrogen-bond donors (Lipinski definition) is 1. The Morgan fingerprint density at radius 1 is 0.846 bits per heavy atom. The highest BCUT2D eigenvalue weighted by Gasteiger charge is 2.02. The van der Waals surface area contributed by atoms with Crippen LogP contribution in [-0.2, 0) is 0 Å². The molecule has 0 bridgehead atoms. The zero-order valence-corrected chi connectivity index (χ0v) is 15.6. The summed E-state index contributed by atoms with van der Waals surface area (Å²) in [5, 5.41) is 5.18. The van der Waals surface area contributed by atoms with E-state index < -0.39 is 0 Å². The fraction of sp³-hybridized carbons (Fsp3) is 0.333. The lowest BCUT2D eigenvalue weighted by Gasteiger charge is -2.09. The van der Waals surface area contributed by atoms with Crippen LogP contribution in [-0.4, -0.2) is 23.1 Å². The molecule has 0 aliphatic carbocycles. The third-order valence-corrected chi connectivity index (χ3v) is 4.56. The lowest BCUT2D eigenvalue weighted by molar-refractivity contribution is 0.304. The molecule has 5 heteroatoms. The second-order valence-electron chi connectivity index (χ2n) is 6.21. The number of unbranched alkanes of at least 4 members (excludes halogenated alkanes) is 4. The lowest BCUT2D eigenvalue weighted by Crippen LogP contribution is -2.04. The first-order chi connectivity index (χ1) is 12.8. The number of ether oxygens (including phenoxy) is 1. The van der Waals surface area contributed by atoms with Gasteiger partial charge in [0.2, 0.25) is 0 Å². The molecule has 0 saturated heterocycles. The number of hydrogen-bond acceptors (Lipinski definition) is 4. The van der Waals surface area contributed by atoms with Crippen LogP contribution < -0.4 is 10.1 Å². The molecule has 0 amide bonds. The van der Waals surface area contributed by atoms with Crippen molar-refractivity contribution in [1.29, 1.82) is 0 Å². The smallest absolute Gasteiger partial charge is 0.137 e. The standard InChI is InChI=1S/C21H24ClN3O/c22-18-11-5-7-13-20(18)26-15-9-3-1-2-8-14-23-21-17-10-4-6-12-19(17)24-16-25-21/h4-7,10-13,16H,1-3,8-9,14-15H2,(H,23,24,25). The highest BCUT2D eigenvalue weighted by Crippen LogP contribution is 2.23. The van der Waals surface area contributed by atoms with Crippen molar-refractivity contribution in [2.24, 2.45) is 0 Å². The SMILES string of the molecule is Clc1ccccc1OCCCCCCCNc1ncnc2ccccc12. The predicted molar refractivity (Wildman–Crippen MR) is 108 cm³/mol. The Bertz CT molecular complexity index is 820. The average Bonchev–Trinajstić information content (AvgIpc) is 2.68. The fourth-order valence-corrected chi connectivity index (χ4v) is 3.04. The van der Waals surface area contributed by atoms with Gasteiger partial charge in [0.1, 0.15) is 17.9 Å². The predicted octanol–water partition coefficient (Wildman–Crippen LogP) is 5.72. The summed E-state index contributed by atoms with van der Waals surface area (Å²) in [7, 11) is 0. The zero-order chi connectivity index (χ0) is 18.0. The van der Waals surface area contributed by atoms with E-state index in [1.54, 1.807) is 6.33 Å². The van der Waals surface area contributed by atoms with Crippen molar-refractivity contribution in [2.45, 2.75) is 32.1 Å². The van der Waals surface area contributed by atoms with Crippen LogP contribution in [0.4, 0.5) is 5.82 Å². The number of rotatable bonds is 10. The Morgan fingerprint density at radius 2 is 1.62 bits per heavy atom. The van der Waals surface area contributed by atoms with Crippen molar-refractivity contribution < 1.29 is 4.74 Å². The maximum absolute atomic E-state index is 6.07. The molecule has 1 N–H and O–H groups in total. The molecule has 1 heterocycles. The first kappa shape index (κ1) is 18.5. The Labute approximate surface area is 159 Å². The van der Waals surface area contributed by atoms with E-state index in [9.17, 15) is 0 Å². The van der Waals surface area contributed by atoms with Crippen LogP contribution in [0.3, 0.4) is 0 Å². The third-order valence-electron chi connectivity index (χ3n) is 4.25. The van der Waals surface area contributed by atoms with Gasteiger partial charge in [-0.1, -0.05) is 55.1 Å². The van der Waals surface area contributed by atoms with Crippen molar-refractivity contribution in [3.05, 3.63) is 59.9 Å². The molecule has 3 rings (SSSR count). The van der Waals surface area contributed by atoms with Crippen LogP contribution in [0.5, 0.6) is 5.75 Å². The van der Waals surface area contributed by atoms with Crippen LogP contribution in [0.25, 0.3) is 10.9 Å². The maximum atomic E-state index is 6.07. The Hall–Kier alpha value is -2.33. The van der Waals surface area contributed by atoms with Gasteiger partial charge in [-0.3, -0.25) is 0 Å². The average molecular weight is 370 g/mol. The van der Waals surface area contributed by atoms with Gasteiger partial charge in [-0.2, -0.15) is 0 Å². The molecule has 0 radical (unpaired) electrons. The molecular formula is C21H24ClN3O. The molecule has 0 aliphatic heterocycles. The highest BCUT2D eigenvalue weighted by atomic mass is 35.5. The van der Waals surface area contributed by atoms with Crippen molar-refractivity contribution in [1.82, 2.24) is 9.97 Å². The van der Waals surface area contributed by atoms with Gasteiger partial charge < -0.3 is 10.1 Å². The molecular weight excluding hydrogens is 346 g/mol. The van der Waals surface area contributed by atoms with E-state index in [1.807, 2.05) is 42.5 Å². The van der Waals surface area contributed by atoms with Gasteiger partial charge >= 0.3 is 0 Å². The summed E-state index contributed by atoms with van der Waals surface area (Å²) in [6.07, 6.45) is 7.36. The Balaban J connectivity index is 1.27. The van der Waals surface area contributed by atoms with E-state index in [-0.39, 0.29) is 0 Å². The molecule has 26 heavy (non-hydrogen) atoms. The minimum Gasteiger partial charge on any atom is -0.492 e. The van der Waals surface area contributed by atoms with Crippen LogP contribution in [0, 0.1) is 0 Å². The molecule has 0 aliphatic rings. The number of fused-ring (bicyclic) bond motifs is 1. The molecule has 1 aromatic heterocycles. The molecule has 136 valence electrons. The number of nitrogens with one attached hydrogen (secondary N) is 1. The van der Waals surface area contributed by atoms with Gasteiger partial charge in [-0.15, -0.1) is 0 Å². The van der Waals surface area contributed by atoms with Gasteiger partial charge in [0.05, 0.1) is 17.1 Å². The number of para-hydroxylation sites is 2. The molecule has 4 nitrogen and oxygen atoms in total. The van der Waals surface area contributed by atoms with Crippen molar-refractivity contribution in [3.63, 3.8) is 0 Å². The molecule has 0 unspecified atom stereocenters. The van der Waals surface area contributed by atoms with E-state index in [4.69, 9.17) is 16.3 Å². The summed E-state index contributed by atoms with van der Waals surface area (Å²) >= 11 is 6.07. The normalized spacial score (nSPS) is 10.8. The molecule has 0 fully saturated rings. The number of nitrogens with zero attached hydrogens (tertiary/aromatic N) is 2. The van der Waals surface area contributed by atoms with Crippen molar-refractivity contribution in [2.75, 3.05) is 18.5 Å². The van der Waals surface area contributed by atoms with Gasteiger partial charge in [-0.25, -0.2) is 9.97 Å². The fourth-order valence-electron chi connectivity index (χ4n) is 2.85. The van der Waals surface area contributed by atoms with Crippen molar-refractivity contribution >= 4 is 28.3 Å². The summed E-state index contributed by atoms with van der Waals surface area (Å²) in [6, 6.07) is 15.7. The largest absolute Gasteiger partial charge is 0.492 e. The van der Waals surface area contributed by atoms with E-state index in [2.05, 4.69) is 21.4 Å². The molecule has 2 aromatic carbocycles. The van der Waals surface area contributed by atoms with E-state index in [0.717, 1.165) is 48.5 Å². The second-order valence-corrected chi connectivity index (χ2v) is 6.62. The summed E-state index contributed by atoms with van der Waals surface area (Å²) in [5.41, 5.74) is 0.975. The summed E-state index contributed by atoms with van der Waals surface area (Å²) < 4.78 is 5.70. The second kappa shape index (κ2) is 9.97. The topological polar surface area (TPSA) is 47.0 Å². The molecule has 0 saturated carbocycles. The van der Waals surface area contributed by atoms with Crippen LogP contribution >= 0.6 is 11.6 Å².